The van der Waals surface area contributed by atoms with E-state index >= 15 is 0 Å². The fourth-order valence-corrected chi connectivity index (χ4v) is 2.88. The van der Waals surface area contributed by atoms with E-state index in [0.29, 0.717) is 18.1 Å². The first-order valence-electron chi connectivity index (χ1n) is 5.70. The van der Waals surface area contributed by atoms with Crippen molar-refractivity contribution in [1.29, 1.82) is 0 Å². The number of hydrogen-bond acceptors (Lipinski definition) is 5. The molecule has 0 aromatic carbocycles. The van der Waals surface area contributed by atoms with Crippen molar-refractivity contribution in [3.05, 3.63) is 42.0 Å². The molecule has 2 heterocycles. The zero-order valence-corrected chi connectivity index (χ0v) is 11.5. The van der Waals surface area contributed by atoms with E-state index in [4.69, 9.17) is 4.42 Å². The maximum atomic E-state index is 12.2. The van der Waals surface area contributed by atoms with Crippen LogP contribution in [-0.2, 0) is 16.6 Å². The Balaban J connectivity index is 2.29. The summed E-state index contributed by atoms with van der Waals surface area (Å²) in [6.45, 7) is 2.09. The van der Waals surface area contributed by atoms with Gasteiger partial charge in [-0.15, -0.1) is 0 Å². The summed E-state index contributed by atoms with van der Waals surface area (Å²) < 4.78 is 32.2. The second kappa shape index (κ2) is 5.41. The molecular formula is C12H15N3O3S. The fraction of sp³-hybridized carbons (Fsp3) is 0.250. The second-order valence-corrected chi connectivity index (χ2v) is 5.63. The number of nitrogens with zero attached hydrogens (tertiary/aromatic N) is 1. The van der Waals surface area contributed by atoms with Crippen LogP contribution in [0.5, 0.6) is 0 Å². The molecule has 0 saturated heterocycles. The summed E-state index contributed by atoms with van der Waals surface area (Å²) in [6, 6.07) is 6.52. The Morgan fingerprint density at radius 1 is 1.37 bits per heavy atom. The number of rotatable bonds is 5. The van der Waals surface area contributed by atoms with Crippen molar-refractivity contribution in [3.63, 3.8) is 0 Å². The molecule has 2 N–H and O–H groups in total. The van der Waals surface area contributed by atoms with Gasteiger partial charge in [-0.2, -0.15) is 0 Å². The van der Waals surface area contributed by atoms with Crippen LogP contribution < -0.4 is 10.0 Å². The van der Waals surface area contributed by atoms with Crippen LogP contribution in [0.3, 0.4) is 0 Å². The maximum absolute atomic E-state index is 12.2. The van der Waals surface area contributed by atoms with Crippen LogP contribution in [-0.4, -0.2) is 20.4 Å². The van der Waals surface area contributed by atoms with Gasteiger partial charge in [-0.05, 0) is 26.1 Å². The largest absolute Gasteiger partial charge is 0.464 e. The predicted molar refractivity (Wildman–Crippen MR) is 71.3 cm³/mol. The normalized spacial score (nSPS) is 11.5. The molecule has 0 unspecified atom stereocenters. The summed E-state index contributed by atoms with van der Waals surface area (Å²) >= 11 is 0. The van der Waals surface area contributed by atoms with Crippen LogP contribution in [0.4, 0.5) is 5.82 Å². The number of aryl methyl sites for hydroxylation is 1. The first-order chi connectivity index (χ1) is 9.03. The lowest BCUT2D eigenvalue weighted by Gasteiger charge is -2.05. The predicted octanol–water partition coefficient (Wildman–Crippen LogP) is 1.50. The van der Waals surface area contributed by atoms with Gasteiger partial charge in [0.15, 0.2) is 0 Å². The SMILES string of the molecule is CNCc1cc(S(=O)(=O)Nc2ccccn2)c(C)o1. The Kier molecular flexibility index (Phi) is 3.87. The monoisotopic (exact) mass is 281 g/mol. The van der Waals surface area contributed by atoms with Gasteiger partial charge in [-0.3, -0.25) is 4.72 Å². The molecule has 7 heteroatoms. The van der Waals surface area contributed by atoms with Crippen molar-refractivity contribution < 1.29 is 12.8 Å². The average molecular weight is 281 g/mol. The molecule has 0 aliphatic rings. The van der Waals surface area contributed by atoms with Gasteiger partial charge in [0, 0.05) is 12.3 Å². The van der Waals surface area contributed by atoms with E-state index < -0.39 is 10.0 Å². The molecule has 2 aromatic rings. The van der Waals surface area contributed by atoms with Gasteiger partial charge in [-0.1, -0.05) is 6.07 Å². The van der Waals surface area contributed by atoms with Crippen molar-refractivity contribution in [2.45, 2.75) is 18.4 Å². The number of nitrogens with one attached hydrogen (secondary N) is 2. The molecule has 102 valence electrons. The number of pyridine rings is 1. The molecule has 0 saturated carbocycles. The Hall–Kier alpha value is -1.86. The zero-order valence-electron chi connectivity index (χ0n) is 10.7. The van der Waals surface area contributed by atoms with Crippen molar-refractivity contribution in [2.24, 2.45) is 0 Å². The van der Waals surface area contributed by atoms with E-state index in [-0.39, 0.29) is 10.7 Å². The van der Waals surface area contributed by atoms with E-state index in [0.717, 1.165) is 0 Å². The van der Waals surface area contributed by atoms with Gasteiger partial charge in [0.1, 0.15) is 22.2 Å². The lowest BCUT2D eigenvalue weighted by Crippen LogP contribution is -2.14. The number of anilines is 1. The lowest BCUT2D eigenvalue weighted by atomic mass is 10.4. The molecule has 2 aromatic heterocycles. The maximum Gasteiger partial charge on any atom is 0.266 e. The van der Waals surface area contributed by atoms with Crippen LogP contribution >= 0.6 is 0 Å². The molecule has 0 amide bonds. The van der Waals surface area contributed by atoms with Crippen LogP contribution in [0, 0.1) is 6.92 Å². The summed E-state index contributed by atoms with van der Waals surface area (Å²) in [6.07, 6.45) is 1.52. The number of sulfonamides is 1. The molecule has 0 aliphatic heterocycles. The van der Waals surface area contributed by atoms with Gasteiger partial charge in [0.25, 0.3) is 10.0 Å². The fourth-order valence-electron chi connectivity index (χ4n) is 1.67. The Morgan fingerprint density at radius 3 is 2.79 bits per heavy atom. The number of hydrogen-bond donors (Lipinski definition) is 2. The third-order valence-electron chi connectivity index (χ3n) is 2.47. The minimum atomic E-state index is -3.68. The highest BCUT2D eigenvalue weighted by molar-refractivity contribution is 7.92. The van der Waals surface area contributed by atoms with Crippen molar-refractivity contribution in [1.82, 2.24) is 10.3 Å². The van der Waals surface area contributed by atoms with Crippen molar-refractivity contribution in [2.75, 3.05) is 11.8 Å². The minimum Gasteiger partial charge on any atom is -0.464 e. The molecule has 19 heavy (non-hydrogen) atoms. The van der Waals surface area contributed by atoms with Gasteiger partial charge >= 0.3 is 0 Å². The molecule has 0 atom stereocenters. The quantitative estimate of drug-likeness (QED) is 0.867. The number of aromatic nitrogens is 1. The molecule has 0 fully saturated rings. The third kappa shape index (κ3) is 3.12. The summed E-state index contributed by atoms with van der Waals surface area (Å²) in [4.78, 5) is 4.06. The van der Waals surface area contributed by atoms with Gasteiger partial charge < -0.3 is 9.73 Å². The van der Waals surface area contributed by atoms with Crippen LogP contribution in [0.25, 0.3) is 0 Å². The number of furan rings is 1. The molecular weight excluding hydrogens is 266 g/mol. The highest BCUT2D eigenvalue weighted by Gasteiger charge is 2.21. The highest BCUT2D eigenvalue weighted by Crippen LogP contribution is 2.22. The van der Waals surface area contributed by atoms with E-state index in [1.54, 1.807) is 32.2 Å². The second-order valence-electron chi connectivity index (χ2n) is 3.98. The van der Waals surface area contributed by atoms with Crippen LogP contribution in [0.1, 0.15) is 11.5 Å². The Bertz CT molecular complexity index is 650. The Labute approximate surface area is 111 Å². The highest BCUT2D eigenvalue weighted by atomic mass is 32.2. The van der Waals surface area contributed by atoms with E-state index in [1.165, 1.54) is 12.3 Å². The molecule has 2 rings (SSSR count). The van der Waals surface area contributed by atoms with Crippen molar-refractivity contribution in [3.8, 4) is 0 Å². The smallest absolute Gasteiger partial charge is 0.266 e. The average Bonchev–Trinajstić information content (AvgIpc) is 2.72. The lowest BCUT2D eigenvalue weighted by molar-refractivity contribution is 0.466. The van der Waals surface area contributed by atoms with Gasteiger partial charge in [-0.25, -0.2) is 13.4 Å². The van der Waals surface area contributed by atoms with E-state index in [1.807, 2.05) is 0 Å². The minimum absolute atomic E-state index is 0.128. The summed E-state index contributed by atoms with van der Waals surface area (Å²) in [5, 5.41) is 2.90. The molecule has 0 aliphatic carbocycles. The zero-order chi connectivity index (χ0) is 13.9. The van der Waals surface area contributed by atoms with Gasteiger partial charge in [0.2, 0.25) is 0 Å². The summed E-state index contributed by atoms with van der Waals surface area (Å²) in [5.74, 6) is 1.20. The summed E-state index contributed by atoms with van der Waals surface area (Å²) in [5.41, 5.74) is 0. The molecule has 0 radical (unpaired) electrons. The van der Waals surface area contributed by atoms with Crippen LogP contribution in [0.2, 0.25) is 0 Å². The van der Waals surface area contributed by atoms with Gasteiger partial charge in [0.05, 0.1) is 6.54 Å². The van der Waals surface area contributed by atoms with Crippen LogP contribution in [0.15, 0.2) is 39.8 Å². The topological polar surface area (TPSA) is 84.2 Å². The van der Waals surface area contributed by atoms with E-state index in [9.17, 15) is 8.42 Å². The Morgan fingerprint density at radius 2 is 2.16 bits per heavy atom. The molecule has 0 bridgehead atoms. The van der Waals surface area contributed by atoms with Crippen molar-refractivity contribution >= 4 is 15.8 Å². The molecule has 6 nitrogen and oxygen atoms in total. The summed E-state index contributed by atoms with van der Waals surface area (Å²) in [7, 11) is -1.91. The first kappa shape index (κ1) is 13.6. The standard InChI is InChI=1S/C12H15N3O3S/c1-9-11(7-10(18-9)8-13-2)19(16,17)15-12-5-3-4-6-14-12/h3-7,13H,8H2,1-2H3,(H,14,15). The molecule has 0 spiro atoms. The first-order valence-corrected chi connectivity index (χ1v) is 7.19. The van der Waals surface area contributed by atoms with E-state index in [2.05, 4.69) is 15.0 Å². The third-order valence-corrected chi connectivity index (χ3v) is 3.93.